The summed E-state index contributed by atoms with van der Waals surface area (Å²) in [6.07, 6.45) is 1.81. The minimum absolute atomic E-state index is 0.453. The van der Waals surface area contributed by atoms with E-state index in [1.165, 1.54) is 0 Å². The fraction of sp³-hybridized carbons (Fsp3) is 0.467. The molecular weight excluding hydrogens is 226 g/mol. The highest BCUT2D eigenvalue weighted by Gasteiger charge is 2.15. The molecule has 0 aliphatic rings. The number of carbonyl (C=O) groups is 2. The number of carbonyl (C=O) groups excluding carboxylic acids is 2. The summed E-state index contributed by atoms with van der Waals surface area (Å²) in [5, 5.41) is 2.65. The Bertz CT molecular complexity index is 407. The summed E-state index contributed by atoms with van der Waals surface area (Å²) in [7, 11) is 0. The molecule has 1 aromatic rings. The van der Waals surface area contributed by atoms with E-state index in [0.29, 0.717) is 18.0 Å². The van der Waals surface area contributed by atoms with E-state index in [1.807, 2.05) is 12.1 Å². The van der Waals surface area contributed by atoms with Crippen molar-refractivity contribution >= 4 is 11.7 Å². The molecule has 0 atom stereocenters. The van der Waals surface area contributed by atoms with Gasteiger partial charge in [-0.05, 0) is 24.3 Å². The predicted octanol–water partition coefficient (Wildman–Crippen LogP) is 2.59. The monoisotopic (exact) mass is 247 g/mol. The fourth-order valence-corrected chi connectivity index (χ4v) is 1.58. The molecule has 0 saturated heterocycles. The van der Waals surface area contributed by atoms with Crippen LogP contribution in [0.5, 0.6) is 0 Å². The molecular formula is C15H21NO2. The van der Waals surface area contributed by atoms with Crippen LogP contribution in [0.2, 0.25) is 0 Å². The van der Waals surface area contributed by atoms with Crippen LogP contribution in [-0.4, -0.2) is 18.2 Å². The van der Waals surface area contributed by atoms with Gasteiger partial charge in [-0.3, -0.25) is 9.59 Å². The summed E-state index contributed by atoms with van der Waals surface area (Å²) in [6, 6.07) is 7.19. The Morgan fingerprint density at radius 1 is 1.17 bits per heavy atom. The number of hydrogen-bond acceptors (Lipinski definition) is 2. The average molecular weight is 247 g/mol. The normalized spacial score (nSPS) is 10.4. The summed E-state index contributed by atoms with van der Waals surface area (Å²) < 4.78 is 0. The number of nitrogens with one attached hydrogen (secondary N) is 1. The summed E-state index contributed by atoms with van der Waals surface area (Å²) in [4.78, 5) is 23.4. The largest absolute Gasteiger partial charge is 0.349 e. The van der Waals surface area contributed by atoms with Crippen molar-refractivity contribution in [3.05, 3.63) is 35.4 Å². The lowest BCUT2D eigenvalue weighted by Gasteiger charge is -2.06. The van der Waals surface area contributed by atoms with Crippen molar-refractivity contribution in [2.75, 3.05) is 6.54 Å². The van der Waals surface area contributed by atoms with Gasteiger partial charge in [-0.15, -0.1) is 0 Å². The minimum atomic E-state index is -0.514. The topological polar surface area (TPSA) is 46.2 Å². The molecule has 0 aliphatic heterocycles. The summed E-state index contributed by atoms with van der Waals surface area (Å²) in [5.41, 5.74) is 1.61. The lowest BCUT2D eigenvalue weighted by Crippen LogP contribution is -2.32. The number of benzene rings is 1. The molecule has 0 heterocycles. The van der Waals surface area contributed by atoms with Crippen molar-refractivity contribution < 1.29 is 9.59 Å². The van der Waals surface area contributed by atoms with E-state index in [9.17, 15) is 9.59 Å². The quantitative estimate of drug-likeness (QED) is 0.620. The second kappa shape index (κ2) is 6.94. The maximum Gasteiger partial charge on any atom is 0.292 e. The first-order chi connectivity index (χ1) is 8.54. The first-order valence-electron chi connectivity index (χ1n) is 6.46. The molecule has 3 heteroatoms. The number of Topliss-reactive ketones (excluding diaryl/α,β-unsaturated/α-hetero) is 1. The summed E-state index contributed by atoms with van der Waals surface area (Å²) in [5.74, 6) is -0.453. The molecule has 0 saturated carbocycles. The molecule has 18 heavy (non-hydrogen) atoms. The number of hydrogen-bond donors (Lipinski definition) is 1. The Kier molecular flexibility index (Phi) is 5.56. The second-order valence-electron chi connectivity index (χ2n) is 4.82. The Labute approximate surface area is 109 Å². The van der Waals surface area contributed by atoms with Crippen molar-refractivity contribution in [2.45, 2.75) is 33.6 Å². The third-order valence-electron chi connectivity index (χ3n) is 2.84. The fourth-order valence-electron chi connectivity index (χ4n) is 1.58. The van der Waals surface area contributed by atoms with E-state index in [-0.39, 0.29) is 0 Å². The van der Waals surface area contributed by atoms with E-state index in [2.05, 4.69) is 26.1 Å². The van der Waals surface area contributed by atoms with Crippen molar-refractivity contribution in [3.63, 3.8) is 0 Å². The van der Waals surface area contributed by atoms with Gasteiger partial charge in [0.25, 0.3) is 5.91 Å². The van der Waals surface area contributed by atoms with Crippen LogP contribution in [0, 0.1) is 5.92 Å². The molecule has 0 aromatic heterocycles. The van der Waals surface area contributed by atoms with Crippen LogP contribution in [0.25, 0.3) is 0 Å². The Hall–Kier alpha value is -1.64. The average Bonchev–Trinajstić information content (AvgIpc) is 2.37. The standard InChI is InChI=1S/C15H21NO2/c1-4-12-5-7-13(8-6-12)14(17)15(18)16-10-9-11(2)3/h5-8,11H,4,9-10H2,1-3H3,(H,16,18). The molecule has 0 unspecified atom stereocenters. The summed E-state index contributed by atoms with van der Waals surface area (Å²) >= 11 is 0. The molecule has 1 amide bonds. The van der Waals surface area contributed by atoms with E-state index >= 15 is 0 Å². The highest BCUT2D eigenvalue weighted by atomic mass is 16.2. The van der Waals surface area contributed by atoms with Crippen LogP contribution in [0.3, 0.4) is 0 Å². The van der Waals surface area contributed by atoms with Crippen molar-refractivity contribution in [3.8, 4) is 0 Å². The molecule has 1 rings (SSSR count). The van der Waals surface area contributed by atoms with Crippen LogP contribution in [0.4, 0.5) is 0 Å². The SMILES string of the molecule is CCc1ccc(C(=O)C(=O)NCCC(C)C)cc1. The zero-order chi connectivity index (χ0) is 13.5. The maximum atomic E-state index is 11.8. The number of ketones is 1. The Balaban J connectivity index is 2.54. The molecule has 0 spiro atoms. The van der Waals surface area contributed by atoms with Gasteiger partial charge in [0, 0.05) is 12.1 Å². The van der Waals surface area contributed by atoms with Crippen LogP contribution in [0.1, 0.15) is 43.1 Å². The zero-order valence-electron chi connectivity index (χ0n) is 11.3. The zero-order valence-corrected chi connectivity index (χ0v) is 11.3. The van der Waals surface area contributed by atoms with Crippen LogP contribution >= 0.6 is 0 Å². The molecule has 98 valence electrons. The van der Waals surface area contributed by atoms with E-state index < -0.39 is 11.7 Å². The van der Waals surface area contributed by atoms with Gasteiger partial charge in [-0.2, -0.15) is 0 Å². The molecule has 0 bridgehead atoms. The molecule has 1 N–H and O–H groups in total. The van der Waals surface area contributed by atoms with Gasteiger partial charge in [0.15, 0.2) is 0 Å². The van der Waals surface area contributed by atoms with E-state index in [4.69, 9.17) is 0 Å². The first kappa shape index (κ1) is 14.4. The van der Waals surface area contributed by atoms with E-state index in [1.54, 1.807) is 12.1 Å². The Morgan fingerprint density at radius 2 is 1.78 bits per heavy atom. The molecule has 3 nitrogen and oxygen atoms in total. The van der Waals surface area contributed by atoms with Crippen LogP contribution in [-0.2, 0) is 11.2 Å². The van der Waals surface area contributed by atoms with Gasteiger partial charge in [0.2, 0.25) is 5.78 Å². The maximum absolute atomic E-state index is 11.8. The van der Waals surface area contributed by atoms with Gasteiger partial charge in [-0.1, -0.05) is 45.0 Å². The van der Waals surface area contributed by atoms with Gasteiger partial charge in [-0.25, -0.2) is 0 Å². The van der Waals surface area contributed by atoms with Gasteiger partial charge in [0.05, 0.1) is 0 Å². The highest BCUT2D eigenvalue weighted by Crippen LogP contribution is 2.06. The summed E-state index contributed by atoms with van der Waals surface area (Å²) in [6.45, 7) is 6.76. The smallest absolute Gasteiger partial charge is 0.292 e. The second-order valence-corrected chi connectivity index (χ2v) is 4.82. The van der Waals surface area contributed by atoms with Gasteiger partial charge >= 0.3 is 0 Å². The lowest BCUT2D eigenvalue weighted by atomic mass is 10.1. The minimum Gasteiger partial charge on any atom is -0.349 e. The van der Waals surface area contributed by atoms with Crippen molar-refractivity contribution in [2.24, 2.45) is 5.92 Å². The molecule has 0 radical (unpaired) electrons. The Morgan fingerprint density at radius 3 is 2.28 bits per heavy atom. The first-order valence-corrected chi connectivity index (χ1v) is 6.46. The molecule has 0 aliphatic carbocycles. The predicted molar refractivity (Wildman–Crippen MR) is 72.6 cm³/mol. The van der Waals surface area contributed by atoms with E-state index in [0.717, 1.165) is 18.4 Å². The van der Waals surface area contributed by atoms with Crippen molar-refractivity contribution in [1.82, 2.24) is 5.32 Å². The number of amides is 1. The molecule has 1 aromatic carbocycles. The van der Waals surface area contributed by atoms with Crippen LogP contribution in [0.15, 0.2) is 24.3 Å². The number of aryl methyl sites for hydroxylation is 1. The van der Waals surface area contributed by atoms with Crippen molar-refractivity contribution in [1.29, 1.82) is 0 Å². The third kappa shape index (κ3) is 4.32. The highest BCUT2D eigenvalue weighted by molar-refractivity contribution is 6.42. The van der Waals surface area contributed by atoms with Crippen LogP contribution < -0.4 is 5.32 Å². The van der Waals surface area contributed by atoms with Gasteiger partial charge < -0.3 is 5.32 Å². The molecule has 0 fully saturated rings. The lowest BCUT2D eigenvalue weighted by molar-refractivity contribution is -0.117. The number of rotatable bonds is 6. The third-order valence-corrected chi connectivity index (χ3v) is 2.84. The van der Waals surface area contributed by atoms with Gasteiger partial charge in [0.1, 0.15) is 0 Å².